The van der Waals surface area contributed by atoms with Crippen LogP contribution in [0.25, 0.3) is 0 Å². The second-order valence-corrected chi connectivity index (χ2v) is 6.68. The fourth-order valence-corrected chi connectivity index (χ4v) is 2.88. The van der Waals surface area contributed by atoms with Crippen LogP contribution >= 0.6 is 0 Å². The Morgan fingerprint density at radius 2 is 0.893 bits per heavy atom. The zero-order valence-electron chi connectivity index (χ0n) is 15.9. The van der Waals surface area contributed by atoms with E-state index in [2.05, 4.69) is 30.6 Å². The van der Waals surface area contributed by atoms with E-state index in [1.807, 2.05) is 0 Å². The van der Waals surface area contributed by atoms with Crippen molar-refractivity contribution in [1.82, 2.24) is 19.9 Å². The van der Waals surface area contributed by atoms with Crippen molar-refractivity contribution in [3.8, 4) is 0 Å². The van der Waals surface area contributed by atoms with Gasteiger partial charge < -0.3 is 10.6 Å². The highest BCUT2D eigenvalue weighted by molar-refractivity contribution is 5.31. The highest BCUT2D eigenvalue weighted by Crippen LogP contribution is 2.09. The van der Waals surface area contributed by atoms with Gasteiger partial charge in [0.1, 0.15) is 11.6 Å². The lowest BCUT2D eigenvalue weighted by Gasteiger charge is -2.06. The highest BCUT2D eigenvalue weighted by Gasteiger charge is 1.98. The molecule has 2 aromatic rings. The Bertz CT molecular complexity index is 808. The molecule has 10 heteroatoms. The second-order valence-electron chi connectivity index (χ2n) is 6.68. The Labute approximate surface area is 161 Å². The van der Waals surface area contributed by atoms with Crippen LogP contribution in [0, 0.1) is 0 Å². The van der Waals surface area contributed by atoms with Crippen LogP contribution in [-0.2, 0) is 0 Å². The maximum atomic E-state index is 11.2. The van der Waals surface area contributed by atoms with Crippen molar-refractivity contribution < 1.29 is 0 Å². The molecule has 0 radical (unpaired) electrons. The summed E-state index contributed by atoms with van der Waals surface area (Å²) >= 11 is 0. The monoisotopic (exact) mass is 392 g/mol. The molecule has 28 heavy (non-hydrogen) atoms. The lowest BCUT2D eigenvalue weighted by atomic mass is 10.1. The molecule has 2 aromatic heterocycles. The first-order valence-corrected chi connectivity index (χ1v) is 9.68. The molecular weight excluding hydrogens is 364 g/mol. The molecule has 154 valence electrons. The van der Waals surface area contributed by atoms with Crippen LogP contribution in [0.1, 0.15) is 51.4 Å². The molecule has 0 unspecified atom stereocenters. The minimum absolute atomic E-state index is 0.410. The van der Waals surface area contributed by atoms with E-state index in [9.17, 15) is 19.2 Å². The molecule has 0 fully saturated rings. The Balaban J connectivity index is 1.42. The molecule has 0 spiro atoms. The van der Waals surface area contributed by atoms with E-state index in [1.54, 1.807) is 0 Å². The molecule has 2 heterocycles. The molecule has 0 aliphatic heterocycles. The molecular formula is C18H28N6O4. The van der Waals surface area contributed by atoms with E-state index in [1.165, 1.54) is 25.0 Å². The second kappa shape index (κ2) is 11.6. The topological polar surface area (TPSA) is 155 Å². The largest absolute Gasteiger partial charge is 0.371 e. The fourth-order valence-electron chi connectivity index (χ4n) is 2.88. The van der Waals surface area contributed by atoms with E-state index >= 15 is 0 Å². The molecule has 0 bridgehead atoms. The zero-order valence-corrected chi connectivity index (χ0v) is 15.9. The highest BCUT2D eigenvalue weighted by atomic mass is 16.2. The molecule has 0 atom stereocenters. The van der Waals surface area contributed by atoms with E-state index in [0.29, 0.717) is 11.6 Å². The first kappa shape index (κ1) is 21.3. The summed E-state index contributed by atoms with van der Waals surface area (Å²) in [6.07, 6.45) is 8.81. The predicted molar refractivity (Wildman–Crippen MR) is 109 cm³/mol. The van der Waals surface area contributed by atoms with Crippen LogP contribution in [0.5, 0.6) is 0 Å². The molecule has 0 saturated carbocycles. The van der Waals surface area contributed by atoms with Crippen molar-refractivity contribution in [2.75, 3.05) is 23.7 Å². The third kappa shape index (κ3) is 8.56. The van der Waals surface area contributed by atoms with Gasteiger partial charge in [0.15, 0.2) is 0 Å². The minimum atomic E-state index is -0.504. The summed E-state index contributed by atoms with van der Waals surface area (Å²) in [7, 11) is 0. The molecule has 10 nitrogen and oxygen atoms in total. The lowest BCUT2D eigenvalue weighted by Crippen LogP contribution is -2.23. The van der Waals surface area contributed by atoms with Gasteiger partial charge in [-0.1, -0.05) is 38.5 Å². The maximum absolute atomic E-state index is 11.2. The lowest BCUT2D eigenvalue weighted by molar-refractivity contribution is 0.577. The number of unbranched alkanes of at least 4 members (excludes halogenated alkanes) is 7. The molecule has 0 aliphatic rings. The molecule has 0 saturated heterocycles. The quantitative estimate of drug-likeness (QED) is 0.280. The fraction of sp³-hybridized carbons (Fsp3) is 0.556. The van der Waals surface area contributed by atoms with E-state index in [4.69, 9.17) is 0 Å². The predicted octanol–water partition coefficient (Wildman–Crippen LogP) is 1.08. The summed E-state index contributed by atoms with van der Waals surface area (Å²) in [6, 6.07) is 2.67. The van der Waals surface area contributed by atoms with Crippen molar-refractivity contribution in [3.63, 3.8) is 0 Å². The Kier molecular flexibility index (Phi) is 8.83. The zero-order chi connectivity index (χ0) is 20.2. The number of hydrogen-bond acceptors (Lipinski definition) is 6. The third-order valence-electron chi connectivity index (χ3n) is 4.26. The smallest absolute Gasteiger partial charge is 0.327 e. The van der Waals surface area contributed by atoms with Gasteiger partial charge in [-0.2, -0.15) is 0 Å². The summed E-state index contributed by atoms with van der Waals surface area (Å²) in [5.74, 6) is 0.901. The standard InChI is InChI=1S/C18H28N6O4/c25-15-11-13(21-17(27)23-15)19-9-7-5-3-1-2-4-6-8-10-20-14-12-16(26)24-18(28)22-14/h11-12H,1-10H2,(H3,19,21,23,25,27)(H3,20,22,24,26,28). The Morgan fingerprint density at radius 3 is 1.25 bits per heavy atom. The summed E-state index contributed by atoms with van der Waals surface area (Å²) in [5, 5.41) is 6.09. The van der Waals surface area contributed by atoms with Gasteiger partial charge in [0, 0.05) is 25.2 Å². The van der Waals surface area contributed by atoms with Crippen LogP contribution in [-0.4, -0.2) is 33.0 Å². The number of anilines is 2. The number of H-pyrrole nitrogens is 4. The van der Waals surface area contributed by atoms with Crippen molar-refractivity contribution in [3.05, 3.63) is 53.8 Å². The average Bonchev–Trinajstić information content (AvgIpc) is 2.61. The Morgan fingerprint density at radius 1 is 0.536 bits per heavy atom. The van der Waals surface area contributed by atoms with E-state index in [-0.39, 0.29) is 0 Å². The summed E-state index contributed by atoms with van der Waals surface area (Å²) in [4.78, 5) is 53.9. The van der Waals surface area contributed by atoms with E-state index < -0.39 is 22.5 Å². The minimum Gasteiger partial charge on any atom is -0.371 e. The van der Waals surface area contributed by atoms with Gasteiger partial charge in [-0.15, -0.1) is 0 Å². The summed E-state index contributed by atoms with van der Waals surface area (Å²) in [6.45, 7) is 1.44. The SMILES string of the molecule is O=c1cc(NCCCCCCCCCCNc2cc(=O)[nH]c(=O)[nH]2)[nH]c(=O)[nH]1. The van der Waals surface area contributed by atoms with Gasteiger partial charge in [-0.3, -0.25) is 29.5 Å². The van der Waals surface area contributed by atoms with Crippen LogP contribution in [0.2, 0.25) is 0 Å². The van der Waals surface area contributed by atoms with Crippen molar-refractivity contribution in [1.29, 1.82) is 0 Å². The van der Waals surface area contributed by atoms with Crippen LogP contribution in [0.4, 0.5) is 11.6 Å². The molecule has 0 aromatic carbocycles. The Hall–Kier alpha value is -3.04. The van der Waals surface area contributed by atoms with Gasteiger partial charge in [0.25, 0.3) is 11.1 Å². The number of rotatable bonds is 13. The van der Waals surface area contributed by atoms with Gasteiger partial charge in [-0.05, 0) is 12.8 Å². The molecule has 0 aliphatic carbocycles. The number of aromatic amines is 4. The van der Waals surface area contributed by atoms with E-state index in [0.717, 1.165) is 51.6 Å². The van der Waals surface area contributed by atoms with Crippen LogP contribution < -0.4 is 33.1 Å². The molecule has 0 amide bonds. The number of nitrogens with one attached hydrogen (secondary N) is 6. The normalized spacial score (nSPS) is 10.7. The summed E-state index contributed by atoms with van der Waals surface area (Å²) < 4.78 is 0. The average molecular weight is 392 g/mol. The molecule has 2 rings (SSSR count). The van der Waals surface area contributed by atoms with Crippen molar-refractivity contribution in [2.24, 2.45) is 0 Å². The van der Waals surface area contributed by atoms with Gasteiger partial charge >= 0.3 is 11.4 Å². The van der Waals surface area contributed by atoms with Crippen LogP contribution in [0.3, 0.4) is 0 Å². The summed E-state index contributed by atoms with van der Waals surface area (Å²) in [5.41, 5.74) is -1.83. The number of aromatic nitrogens is 4. The first-order valence-electron chi connectivity index (χ1n) is 9.68. The number of hydrogen-bond donors (Lipinski definition) is 6. The first-order chi connectivity index (χ1) is 13.5. The third-order valence-corrected chi connectivity index (χ3v) is 4.26. The van der Waals surface area contributed by atoms with Gasteiger partial charge in [0.05, 0.1) is 0 Å². The van der Waals surface area contributed by atoms with Gasteiger partial charge in [-0.25, -0.2) is 9.59 Å². The van der Waals surface area contributed by atoms with Crippen molar-refractivity contribution in [2.45, 2.75) is 51.4 Å². The van der Waals surface area contributed by atoms with Gasteiger partial charge in [0.2, 0.25) is 0 Å². The molecule has 6 N–H and O–H groups in total. The van der Waals surface area contributed by atoms with Crippen LogP contribution in [0.15, 0.2) is 31.3 Å². The van der Waals surface area contributed by atoms with Crippen molar-refractivity contribution >= 4 is 11.6 Å². The maximum Gasteiger partial charge on any atom is 0.327 e.